The van der Waals surface area contributed by atoms with Gasteiger partial charge in [0, 0.05) is 11.3 Å². The number of para-hydroxylation sites is 2. The molecule has 30 heavy (non-hydrogen) atoms. The highest BCUT2D eigenvalue weighted by Crippen LogP contribution is 2.26. The van der Waals surface area contributed by atoms with Crippen molar-refractivity contribution in [3.8, 4) is 0 Å². The summed E-state index contributed by atoms with van der Waals surface area (Å²) in [5.41, 5.74) is 3.90. The van der Waals surface area contributed by atoms with Gasteiger partial charge in [-0.15, -0.1) is 11.3 Å². The van der Waals surface area contributed by atoms with Crippen molar-refractivity contribution >= 4 is 39.0 Å². The Kier molecular flexibility index (Phi) is 4.68. The summed E-state index contributed by atoms with van der Waals surface area (Å²) in [5.74, 6) is 0.754. The zero-order valence-electron chi connectivity index (χ0n) is 16.9. The van der Waals surface area contributed by atoms with Gasteiger partial charge in [0.15, 0.2) is 0 Å². The van der Waals surface area contributed by atoms with Crippen molar-refractivity contribution in [1.29, 1.82) is 0 Å². The smallest absolute Gasteiger partial charge is 0.237 e. The second-order valence-corrected chi connectivity index (χ2v) is 8.65. The Bertz CT molecular complexity index is 1390. The van der Waals surface area contributed by atoms with E-state index >= 15 is 0 Å². The Morgan fingerprint density at radius 3 is 2.60 bits per heavy atom. The van der Waals surface area contributed by atoms with Crippen molar-refractivity contribution in [2.45, 2.75) is 26.7 Å². The van der Waals surface area contributed by atoms with Crippen LogP contribution in [0.4, 0.5) is 0 Å². The van der Waals surface area contributed by atoms with Gasteiger partial charge in [0.2, 0.25) is 5.91 Å². The molecule has 0 unspecified atom stereocenters. The number of carbonyl (C=O) groups is 1. The Morgan fingerprint density at radius 2 is 1.70 bits per heavy atom. The third-order valence-corrected chi connectivity index (χ3v) is 6.61. The van der Waals surface area contributed by atoms with Crippen molar-refractivity contribution in [3.63, 3.8) is 0 Å². The van der Waals surface area contributed by atoms with Gasteiger partial charge in [0.1, 0.15) is 5.82 Å². The highest BCUT2D eigenvalue weighted by Gasteiger charge is 2.18. The van der Waals surface area contributed by atoms with Crippen molar-refractivity contribution in [1.82, 2.24) is 14.5 Å². The summed E-state index contributed by atoms with van der Waals surface area (Å²) >= 11 is 1.63. The molecule has 5 rings (SSSR count). The molecule has 0 bridgehead atoms. The second-order valence-electron chi connectivity index (χ2n) is 7.48. The molecule has 148 valence electrons. The lowest BCUT2D eigenvalue weighted by Gasteiger charge is -2.05. The van der Waals surface area contributed by atoms with Gasteiger partial charge in [-0.25, -0.2) is 9.97 Å². The molecule has 2 aromatic heterocycles. The average molecular weight is 412 g/mol. The van der Waals surface area contributed by atoms with Crippen molar-refractivity contribution < 1.29 is 4.79 Å². The molecule has 0 aliphatic carbocycles. The second kappa shape index (κ2) is 7.50. The number of imidazole rings is 1. The molecule has 4 nitrogen and oxygen atoms in total. The third-order valence-electron chi connectivity index (χ3n) is 5.45. The van der Waals surface area contributed by atoms with E-state index in [1.165, 1.54) is 16.3 Å². The van der Waals surface area contributed by atoms with Gasteiger partial charge in [0.05, 0.1) is 28.2 Å². The number of hydrogen-bond acceptors (Lipinski definition) is 4. The summed E-state index contributed by atoms with van der Waals surface area (Å²) in [5, 5.41) is 3.53. The minimum Gasteiger partial charge on any atom is -0.274 e. The molecule has 0 aliphatic heterocycles. The average Bonchev–Trinajstić information content (AvgIpc) is 3.26. The molecule has 0 spiro atoms. The van der Waals surface area contributed by atoms with Gasteiger partial charge in [-0.3, -0.25) is 9.36 Å². The molecule has 0 N–H and O–H groups in total. The van der Waals surface area contributed by atoms with Crippen molar-refractivity contribution in [3.05, 3.63) is 93.7 Å². The lowest BCUT2D eigenvalue weighted by atomic mass is 10.0. The predicted octanol–water partition coefficient (Wildman–Crippen LogP) is 5.74. The van der Waals surface area contributed by atoms with E-state index < -0.39 is 0 Å². The highest BCUT2D eigenvalue weighted by molar-refractivity contribution is 7.11. The molecule has 0 saturated carbocycles. The van der Waals surface area contributed by atoms with E-state index in [1.54, 1.807) is 15.9 Å². The SMILES string of the molecule is Cc1nc(Cc2cccc3ccccc23)sc1CC(=O)n1c(C)nc2ccccc21. The summed E-state index contributed by atoms with van der Waals surface area (Å²) in [6.07, 6.45) is 1.11. The normalized spacial score (nSPS) is 11.4. The fourth-order valence-electron chi connectivity index (χ4n) is 4.02. The van der Waals surface area contributed by atoms with Gasteiger partial charge in [-0.05, 0) is 42.3 Å². The van der Waals surface area contributed by atoms with Crippen molar-refractivity contribution in [2.75, 3.05) is 0 Å². The Hall–Kier alpha value is -3.31. The Morgan fingerprint density at radius 1 is 0.933 bits per heavy atom. The van der Waals surface area contributed by atoms with Gasteiger partial charge >= 0.3 is 0 Å². The largest absolute Gasteiger partial charge is 0.274 e. The number of carbonyl (C=O) groups excluding carboxylic acids is 1. The maximum absolute atomic E-state index is 13.1. The topological polar surface area (TPSA) is 47.8 Å². The van der Waals surface area contributed by atoms with E-state index in [1.807, 2.05) is 38.1 Å². The standard InChI is InChI=1S/C25H21N3OS/c1-16-23(15-25(29)28-17(2)27-21-12-5-6-13-22(21)28)30-24(26-16)14-19-10-7-9-18-8-3-4-11-20(18)19/h3-13H,14-15H2,1-2H3. The van der Waals surface area contributed by atoms with Crippen LogP contribution < -0.4 is 0 Å². The summed E-state index contributed by atoms with van der Waals surface area (Å²) < 4.78 is 1.72. The minimum absolute atomic E-state index is 0.0321. The number of thiazole rings is 1. The monoisotopic (exact) mass is 411 g/mol. The zero-order valence-corrected chi connectivity index (χ0v) is 17.7. The zero-order chi connectivity index (χ0) is 20.7. The van der Waals surface area contributed by atoms with Crippen LogP contribution in [-0.4, -0.2) is 20.4 Å². The van der Waals surface area contributed by atoms with Crippen LogP contribution in [0.15, 0.2) is 66.7 Å². The van der Waals surface area contributed by atoms with Crippen LogP contribution in [0.25, 0.3) is 21.8 Å². The highest BCUT2D eigenvalue weighted by atomic mass is 32.1. The molecule has 3 aromatic carbocycles. The third kappa shape index (κ3) is 3.31. The molecule has 0 amide bonds. The Balaban J connectivity index is 1.43. The van der Waals surface area contributed by atoms with Crippen LogP contribution >= 0.6 is 11.3 Å². The van der Waals surface area contributed by atoms with E-state index in [0.717, 1.165) is 38.9 Å². The molecule has 5 heteroatoms. The molecule has 2 heterocycles. The number of aryl methyl sites for hydroxylation is 2. The van der Waals surface area contributed by atoms with Crippen LogP contribution in [0.3, 0.4) is 0 Å². The van der Waals surface area contributed by atoms with Crippen LogP contribution in [0.5, 0.6) is 0 Å². The summed E-state index contributed by atoms with van der Waals surface area (Å²) in [7, 11) is 0. The Labute approximate surface area is 178 Å². The lowest BCUT2D eigenvalue weighted by Crippen LogP contribution is -2.14. The molecule has 0 aliphatic rings. The summed E-state index contributed by atoms with van der Waals surface area (Å²) in [4.78, 5) is 23.4. The predicted molar refractivity (Wildman–Crippen MR) is 122 cm³/mol. The molecule has 0 saturated heterocycles. The molecule has 5 aromatic rings. The maximum atomic E-state index is 13.1. The summed E-state index contributed by atoms with van der Waals surface area (Å²) in [6, 6.07) is 22.6. The number of rotatable bonds is 4. The van der Waals surface area contributed by atoms with E-state index in [9.17, 15) is 4.79 Å². The first-order valence-electron chi connectivity index (χ1n) is 9.99. The summed E-state index contributed by atoms with van der Waals surface area (Å²) in [6.45, 7) is 3.87. The number of aromatic nitrogens is 3. The number of nitrogens with zero attached hydrogens (tertiary/aromatic N) is 3. The molecular weight excluding hydrogens is 390 g/mol. The van der Waals surface area contributed by atoms with Gasteiger partial charge < -0.3 is 0 Å². The van der Waals surface area contributed by atoms with Gasteiger partial charge in [-0.2, -0.15) is 0 Å². The molecule has 0 atom stereocenters. The molecular formula is C25H21N3OS. The maximum Gasteiger partial charge on any atom is 0.237 e. The lowest BCUT2D eigenvalue weighted by molar-refractivity contribution is 0.0917. The van der Waals surface area contributed by atoms with E-state index in [-0.39, 0.29) is 5.91 Å². The first kappa shape index (κ1) is 18.7. The fourth-order valence-corrected chi connectivity index (χ4v) is 5.10. The van der Waals surface area contributed by atoms with Crippen LogP contribution in [0, 0.1) is 13.8 Å². The minimum atomic E-state index is 0.0321. The van der Waals surface area contributed by atoms with Crippen LogP contribution in [0.2, 0.25) is 0 Å². The van der Waals surface area contributed by atoms with E-state index in [2.05, 4.69) is 47.4 Å². The first-order valence-corrected chi connectivity index (χ1v) is 10.8. The quantitative estimate of drug-likeness (QED) is 0.379. The van der Waals surface area contributed by atoms with E-state index in [0.29, 0.717) is 6.42 Å². The number of fused-ring (bicyclic) bond motifs is 2. The van der Waals surface area contributed by atoms with Crippen LogP contribution in [-0.2, 0) is 12.8 Å². The van der Waals surface area contributed by atoms with Gasteiger partial charge in [0.25, 0.3) is 0 Å². The van der Waals surface area contributed by atoms with Crippen LogP contribution in [0.1, 0.15) is 31.8 Å². The molecule has 0 radical (unpaired) electrons. The molecule has 0 fully saturated rings. The first-order chi connectivity index (χ1) is 14.6. The van der Waals surface area contributed by atoms with E-state index in [4.69, 9.17) is 4.98 Å². The van der Waals surface area contributed by atoms with Gasteiger partial charge in [-0.1, -0.05) is 54.6 Å². The number of benzene rings is 3. The number of hydrogen-bond donors (Lipinski definition) is 0. The fraction of sp³-hybridized carbons (Fsp3) is 0.160. The van der Waals surface area contributed by atoms with Crippen molar-refractivity contribution in [2.24, 2.45) is 0 Å².